The van der Waals surface area contributed by atoms with E-state index < -0.39 is 0 Å². The van der Waals surface area contributed by atoms with Gasteiger partial charge in [0.1, 0.15) is 5.52 Å². The SMILES string of the molecule is CCNC(=O)Nc1nc2c(C(=O)NC3CCCCC3)cc(-c3cccnc3)cc2[nH]1. The lowest BCUT2D eigenvalue weighted by Gasteiger charge is -2.23. The number of H-pyrrole nitrogens is 1. The van der Waals surface area contributed by atoms with Gasteiger partial charge < -0.3 is 15.6 Å². The lowest BCUT2D eigenvalue weighted by atomic mass is 9.95. The number of carbonyl (C=O) groups excluding carboxylic acids is 2. The molecule has 0 saturated heterocycles. The number of pyridine rings is 1. The molecule has 0 radical (unpaired) electrons. The monoisotopic (exact) mass is 406 g/mol. The number of nitrogens with one attached hydrogen (secondary N) is 4. The molecule has 1 aliphatic rings. The number of aromatic nitrogens is 3. The Hall–Kier alpha value is -3.42. The Morgan fingerprint density at radius 1 is 1.17 bits per heavy atom. The molecule has 1 aliphatic carbocycles. The molecule has 2 aromatic heterocycles. The zero-order chi connectivity index (χ0) is 20.9. The third-order valence-electron chi connectivity index (χ3n) is 5.34. The van der Waals surface area contributed by atoms with Gasteiger partial charge in [0.05, 0.1) is 11.1 Å². The molecule has 1 aromatic carbocycles. The van der Waals surface area contributed by atoms with Crippen molar-refractivity contribution in [3.8, 4) is 11.1 Å². The minimum atomic E-state index is -0.350. The number of fused-ring (bicyclic) bond motifs is 1. The first-order chi connectivity index (χ1) is 14.6. The standard InChI is InChI=1S/C22H26N6O2/c1-2-24-22(30)28-21-26-18-12-15(14-7-6-10-23-13-14)11-17(19(18)27-21)20(29)25-16-8-4-3-5-9-16/h6-7,10-13,16H,2-5,8-9H2,1H3,(H,25,29)(H3,24,26,27,28,30). The Labute approximate surface area is 174 Å². The molecule has 0 spiro atoms. The fourth-order valence-electron chi connectivity index (χ4n) is 3.87. The smallest absolute Gasteiger partial charge is 0.321 e. The number of carbonyl (C=O) groups is 2. The van der Waals surface area contributed by atoms with E-state index in [1.807, 2.05) is 31.2 Å². The van der Waals surface area contributed by atoms with Crippen LogP contribution in [0, 0.1) is 0 Å². The second-order valence-electron chi connectivity index (χ2n) is 7.54. The summed E-state index contributed by atoms with van der Waals surface area (Å²) >= 11 is 0. The Balaban J connectivity index is 1.71. The van der Waals surface area contributed by atoms with Crippen molar-refractivity contribution in [2.45, 2.75) is 45.1 Å². The molecular formula is C22H26N6O2. The summed E-state index contributed by atoms with van der Waals surface area (Å²) in [6, 6.07) is 7.40. The minimum Gasteiger partial charge on any atom is -0.349 e. The van der Waals surface area contributed by atoms with E-state index in [-0.39, 0.29) is 18.0 Å². The molecule has 156 valence electrons. The van der Waals surface area contributed by atoms with Gasteiger partial charge in [0.15, 0.2) is 0 Å². The molecule has 2 heterocycles. The van der Waals surface area contributed by atoms with E-state index in [1.165, 1.54) is 6.42 Å². The average molecular weight is 406 g/mol. The van der Waals surface area contributed by atoms with Gasteiger partial charge in [-0.3, -0.25) is 15.1 Å². The van der Waals surface area contributed by atoms with E-state index in [2.05, 4.69) is 30.9 Å². The van der Waals surface area contributed by atoms with E-state index in [1.54, 1.807) is 12.4 Å². The molecule has 8 nitrogen and oxygen atoms in total. The van der Waals surface area contributed by atoms with Crippen LogP contribution >= 0.6 is 0 Å². The van der Waals surface area contributed by atoms with Gasteiger partial charge in [-0.2, -0.15) is 0 Å². The summed E-state index contributed by atoms with van der Waals surface area (Å²) in [5.41, 5.74) is 3.45. The summed E-state index contributed by atoms with van der Waals surface area (Å²) in [4.78, 5) is 36.8. The maximum absolute atomic E-state index is 13.2. The van der Waals surface area contributed by atoms with Crippen LogP contribution in [0.5, 0.6) is 0 Å². The van der Waals surface area contributed by atoms with Crippen molar-refractivity contribution >= 4 is 28.9 Å². The zero-order valence-electron chi connectivity index (χ0n) is 17.0. The first-order valence-corrected chi connectivity index (χ1v) is 10.4. The lowest BCUT2D eigenvalue weighted by Crippen LogP contribution is -2.36. The number of amides is 3. The van der Waals surface area contributed by atoms with Gasteiger partial charge in [-0.1, -0.05) is 25.3 Å². The first-order valence-electron chi connectivity index (χ1n) is 10.4. The number of rotatable bonds is 5. The summed E-state index contributed by atoms with van der Waals surface area (Å²) in [6.45, 7) is 2.35. The Bertz CT molecular complexity index is 1040. The maximum atomic E-state index is 13.2. The molecule has 3 amide bonds. The van der Waals surface area contributed by atoms with Crippen LogP contribution in [0.4, 0.5) is 10.7 Å². The second-order valence-corrected chi connectivity index (χ2v) is 7.54. The normalized spacial score (nSPS) is 14.4. The topological polar surface area (TPSA) is 112 Å². The van der Waals surface area contributed by atoms with Crippen LogP contribution in [0.1, 0.15) is 49.4 Å². The highest BCUT2D eigenvalue weighted by molar-refractivity contribution is 6.07. The predicted octanol–water partition coefficient (Wildman–Crippen LogP) is 3.83. The van der Waals surface area contributed by atoms with Crippen LogP contribution in [0.15, 0.2) is 36.7 Å². The van der Waals surface area contributed by atoms with Crippen LogP contribution < -0.4 is 16.0 Å². The molecule has 3 aromatic rings. The first kappa shape index (κ1) is 19.9. The highest BCUT2D eigenvalue weighted by Gasteiger charge is 2.21. The second kappa shape index (κ2) is 8.94. The van der Waals surface area contributed by atoms with Crippen LogP contribution in [-0.4, -0.2) is 39.5 Å². The number of imidazole rings is 1. The summed E-state index contributed by atoms with van der Waals surface area (Å²) in [7, 11) is 0. The molecule has 4 N–H and O–H groups in total. The Morgan fingerprint density at radius 2 is 2.00 bits per heavy atom. The summed E-state index contributed by atoms with van der Waals surface area (Å²) in [6.07, 6.45) is 8.97. The number of hydrogen-bond donors (Lipinski definition) is 4. The molecule has 4 rings (SSSR count). The zero-order valence-corrected chi connectivity index (χ0v) is 17.0. The third-order valence-corrected chi connectivity index (χ3v) is 5.34. The summed E-state index contributed by atoms with van der Waals surface area (Å²) in [5.74, 6) is 0.153. The number of benzene rings is 1. The van der Waals surface area contributed by atoms with Crippen LogP contribution in [-0.2, 0) is 0 Å². The van der Waals surface area contributed by atoms with Crippen molar-refractivity contribution in [3.05, 3.63) is 42.2 Å². The van der Waals surface area contributed by atoms with Crippen LogP contribution in [0.25, 0.3) is 22.2 Å². The van der Waals surface area contributed by atoms with Gasteiger partial charge in [0, 0.05) is 30.5 Å². The average Bonchev–Trinajstić information content (AvgIpc) is 3.16. The van der Waals surface area contributed by atoms with Crippen molar-refractivity contribution in [1.82, 2.24) is 25.6 Å². The molecule has 0 bridgehead atoms. The van der Waals surface area contributed by atoms with Gasteiger partial charge in [-0.15, -0.1) is 0 Å². The number of urea groups is 1. The third kappa shape index (κ3) is 4.42. The largest absolute Gasteiger partial charge is 0.349 e. The van der Waals surface area contributed by atoms with Crippen LogP contribution in [0.2, 0.25) is 0 Å². The fourth-order valence-corrected chi connectivity index (χ4v) is 3.87. The van der Waals surface area contributed by atoms with E-state index in [4.69, 9.17) is 0 Å². The lowest BCUT2D eigenvalue weighted by molar-refractivity contribution is 0.0929. The molecule has 1 fully saturated rings. The van der Waals surface area contributed by atoms with E-state index in [0.717, 1.165) is 36.8 Å². The highest BCUT2D eigenvalue weighted by atomic mass is 16.2. The minimum absolute atomic E-state index is 0.145. The van der Waals surface area contributed by atoms with Gasteiger partial charge in [0.2, 0.25) is 5.95 Å². The number of hydrogen-bond acceptors (Lipinski definition) is 4. The van der Waals surface area contributed by atoms with E-state index in [0.29, 0.717) is 29.1 Å². The van der Waals surface area contributed by atoms with Gasteiger partial charge >= 0.3 is 6.03 Å². The molecule has 30 heavy (non-hydrogen) atoms. The fraction of sp³-hybridized carbons (Fsp3) is 0.364. The number of aromatic amines is 1. The van der Waals surface area contributed by atoms with Crippen molar-refractivity contribution < 1.29 is 9.59 Å². The quantitative estimate of drug-likeness (QED) is 0.516. The summed E-state index contributed by atoms with van der Waals surface area (Å²) < 4.78 is 0. The van der Waals surface area contributed by atoms with Gasteiger partial charge in [-0.25, -0.2) is 9.78 Å². The number of anilines is 1. The van der Waals surface area contributed by atoms with Gasteiger partial charge in [0.25, 0.3) is 5.91 Å². The van der Waals surface area contributed by atoms with E-state index in [9.17, 15) is 9.59 Å². The Kier molecular flexibility index (Phi) is 5.92. The highest BCUT2D eigenvalue weighted by Crippen LogP contribution is 2.28. The molecular weight excluding hydrogens is 380 g/mol. The van der Waals surface area contributed by atoms with Crippen molar-refractivity contribution in [1.29, 1.82) is 0 Å². The predicted molar refractivity (Wildman–Crippen MR) is 116 cm³/mol. The van der Waals surface area contributed by atoms with Crippen molar-refractivity contribution in [2.75, 3.05) is 11.9 Å². The molecule has 0 aliphatic heterocycles. The van der Waals surface area contributed by atoms with Gasteiger partial charge in [-0.05, 0) is 43.5 Å². The number of nitrogens with zero attached hydrogens (tertiary/aromatic N) is 2. The van der Waals surface area contributed by atoms with E-state index >= 15 is 0 Å². The molecule has 0 atom stereocenters. The maximum Gasteiger partial charge on any atom is 0.321 e. The van der Waals surface area contributed by atoms with Crippen LogP contribution in [0.3, 0.4) is 0 Å². The molecule has 0 unspecified atom stereocenters. The summed E-state index contributed by atoms with van der Waals surface area (Å²) in [5, 5.41) is 8.52. The van der Waals surface area contributed by atoms with Crippen molar-refractivity contribution in [2.24, 2.45) is 0 Å². The Morgan fingerprint density at radius 3 is 2.73 bits per heavy atom. The molecule has 8 heteroatoms. The molecule has 1 saturated carbocycles. The van der Waals surface area contributed by atoms with Crippen molar-refractivity contribution in [3.63, 3.8) is 0 Å².